The second kappa shape index (κ2) is 15.6. The van der Waals surface area contributed by atoms with E-state index in [9.17, 15) is 13.2 Å². The van der Waals surface area contributed by atoms with Crippen LogP contribution in [-0.2, 0) is 26.2 Å². The summed E-state index contributed by atoms with van der Waals surface area (Å²) in [4.78, 5) is 14.5. The highest BCUT2D eigenvalue weighted by Crippen LogP contribution is 2.29. The van der Waals surface area contributed by atoms with E-state index < -0.39 is 10.1 Å². The Morgan fingerprint density at radius 3 is 2.47 bits per heavy atom. The van der Waals surface area contributed by atoms with E-state index in [0.29, 0.717) is 24.2 Å². The Morgan fingerprint density at radius 1 is 1.19 bits per heavy atom. The Bertz CT molecular complexity index is 819. The standard InChI is InChI=1S/C22H31NO4.CH4O3S/c1-3-5-6-7-8-9-22(24)27-20-11-10-19(17-21(20)26-14-4-2)18-23-12-15-25-16-13-23;1-5(2,3)4/h2,10-11,17H,3,5-9,12-16,18H2,1H3;1H3,(H,2,3,4). The molecule has 0 bridgehead atoms. The van der Waals surface area contributed by atoms with Crippen LogP contribution in [0.1, 0.15) is 51.0 Å². The third-order valence-corrected chi connectivity index (χ3v) is 4.54. The highest BCUT2D eigenvalue weighted by Gasteiger charge is 2.15. The van der Waals surface area contributed by atoms with Gasteiger partial charge in [-0.1, -0.05) is 44.6 Å². The number of unbranched alkanes of at least 4 members (excludes halogenated alkanes) is 4. The van der Waals surface area contributed by atoms with Crippen molar-refractivity contribution in [2.45, 2.75) is 52.0 Å². The number of ether oxygens (including phenoxy) is 3. The van der Waals surface area contributed by atoms with Crippen molar-refractivity contribution in [2.24, 2.45) is 0 Å². The monoisotopic (exact) mass is 469 g/mol. The molecule has 1 aliphatic rings. The predicted octanol–water partition coefficient (Wildman–Crippen LogP) is 3.30. The molecule has 1 fully saturated rings. The molecular formula is C23H35NO7S. The van der Waals surface area contributed by atoms with Gasteiger partial charge in [-0.2, -0.15) is 8.42 Å². The second-order valence-electron chi connectivity index (χ2n) is 7.53. The Hall–Kier alpha value is -2.12. The second-order valence-corrected chi connectivity index (χ2v) is 9.00. The first-order valence-corrected chi connectivity index (χ1v) is 12.7. The van der Waals surface area contributed by atoms with Gasteiger partial charge in [0.25, 0.3) is 10.1 Å². The lowest BCUT2D eigenvalue weighted by Gasteiger charge is -2.26. The molecule has 0 amide bonds. The van der Waals surface area contributed by atoms with Crippen LogP contribution in [0.5, 0.6) is 11.5 Å². The minimum Gasteiger partial charge on any atom is -0.477 e. The van der Waals surface area contributed by atoms with Crippen LogP contribution >= 0.6 is 0 Å². The van der Waals surface area contributed by atoms with Gasteiger partial charge in [-0.05, 0) is 24.1 Å². The van der Waals surface area contributed by atoms with Crippen molar-refractivity contribution < 1.29 is 32.0 Å². The molecule has 8 nitrogen and oxygen atoms in total. The van der Waals surface area contributed by atoms with Crippen molar-refractivity contribution in [3.8, 4) is 23.8 Å². The molecule has 0 aliphatic carbocycles. The molecule has 0 radical (unpaired) electrons. The van der Waals surface area contributed by atoms with Gasteiger partial charge in [0.1, 0.15) is 6.61 Å². The maximum Gasteiger partial charge on any atom is 0.311 e. The molecule has 0 spiro atoms. The summed E-state index contributed by atoms with van der Waals surface area (Å²) in [5, 5.41) is 0. The first kappa shape index (κ1) is 27.9. The van der Waals surface area contributed by atoms with Crippen molar-refractivity contribution in [3.63, 3.8) is 0 Å². The smallest absolute Gasteiger partial charge is 0.311 e. The summed E-state index contributed by atoms with van der Waals surface area (Å²) in [5.74, 6) is 3.20. The third kappa shape index (κ3) is 14.0. The fourth-order valence-electron chi connectivity index (χ4n) is 3.03. The molecule has 180 valence electrons. The summed E-state index contributed by atoms with van der Waals surface area (Å²) in [6, 6.07) is 5.69. The molecule has 1 N–H and O–H groups in total. The minimum absolute atomic E-state index is 0.141. The van der Waals surface area contributed by atoms with Gasteiger partial charge in [0.2, 0.25) is 0 Å². The van der Waals surface area contributed by atoms with Gasteiger partial charge in [-0.25, -0.2) is 0 Å². The molecule has 1 aromatic rings. The van der Waals surface area contributed by atoms with Crippen LogP contribution in [0.25, 0.3) is 0 Å². The molecule has 0 unspecified atom stereocenters. The van der Waals surface area contributed by atoms with Gasteiger partial charge in [0.15, 0.2) is 11.5 Å². The molecule has 0 saturated carbocycles. The Labute approximate surface area is 192 Å². The summed E-state index contributed by atoms with van der Waals surface area (Å²) in [7, 11) is -3.67. The molecule has 1 heterocycles. The van der Waals surface area contributed by atoms with E-state index in [0.717, 1.165) is 57.7 Å². The number of terminal acetylenes is 1. The van der Waals surface area contributed by atoms with Gasteiger partial charge in [-0.3, -0.25) is 14.2 Å². The Morgan fingerprint density at radius 2 is 1.84 bits per heavy atom. The Balaban J connectivity index is 0.000000920. The number of hydrogen-bond acceptors (Lipinski definition) is 7. The van der Waals surface area contributed by atoms with E-state index >= 15 is 0 Å². The van der Waals surface area contributed by atoms with Gasteiger partial charge in [0, 0.05) is 26.1 Å². The van der Waals surface area contributed by atoms with Crippen molar-refractivity contribution in [2.75, 3.05) is 39.2 Å². The van der Waals surface area contributed by atoms with E-state index in [-0.39, 0.29) is 12.6 Å². The maximum atomic E-state index is 12.1. The SMILES string of the molecule is C#CCOc1cc(CN2CCOCC2)ccc1OC(=O)CCCCCCC.CS(=O)(=O)O. The lowest BCUT2D eigenvalue weighted by atomic mass is 10.1. The highest BCUT2D eigenvalue weighted by molar-refractivity contribution is 7.85. The number of morpholine rings is 1. The Kier molecular flexibility index (Phi) is 13.6. The minimum atomic E-state index is -3.67. The average Bonchev–Trinajstić information content (AvgIpc) is 2.73. The average molecular weight is 470 g/mol. The van der Waals surface area contributed by atoms with Gasteiger partial charge in [-0.15, -0.1) is 6.42 Å². The number of hydrogen-bond donors (Lipinski definition) is 1. The van der Waals surface area contributed by atoms with Crippen LogP contribution < -0.4 is 9.47 Å². The summed E-state index contributed by atoms with van der Waals surface area (Å²) < 4.78 is 42.4. The van der Waals surface area contributed by atoms with Crippen LogP contribution in [0.3, 0.4) is 0 Å². The quantitative estimate of drug-likeness (QED) is 0.173. The van der Waals surface area contributed by atoms with Crippen molar-refractivity contribution in [3.05, 3.63) is 23.8 Å². The number of rotatable bonds is 11. The number of carbonyl (C=O) groups is 1. The predicted molar refractivity (Wildman–Crippen MR) is 123 cm³/mol. The maximum absolute atomic E-state index is 12.1. The molecule has 1 saturated heterocycles. The summed E-state index contributed by atoms with van der Waals surface area (Å²) in [6.45, 7) is 6.46. The van der Waals surface area contributed by atoms with Crippen LogP contribution in [0, 0.1) is 12.3 Å². The lowest BCUT2D eigenvalue weighted by Crippen LogP contribution is -2.35. The summed E-state index contributed by atoms with van der Waals surface area (Å²) in [6.07, 6.45) is 11.9. The number of benzene rings is 1. The molecule has 0 aromatic heterocycles. The third-order valence-electron chi connectivity index (χ3n) is 4.54. The van der Waals surface area contributed by atoms with E-state index in [1.165, 1.54) is 12.8 Å². The zero-order chi connectivity index (χ0) is 23.8. The van der Waals surface area contributed by atoms with Crippen LogP contribution in [-0.4, -0.2) is 63.0 Å². The van der Waals surface area contributed by atoms with Crippen LogP contribution in [0.15, 0.2) is 18.2 Å². The van der Waals surface area contributed by atoms with Crippen molar-refractivity contribution in [1.82, 2.24) is 4.90 Å². The highest BCUT2D eigenvalue weighted by atomic mass is 32.2. The molecule has 0 atom stereocenters. The number of carbonyl (C=O) groups excluding carboxylic acids is 1. The van der Waals surface area contributed by atoms with Crippen molar-refractivity contribution in [1.29, 1.82) is 0 Å². The summed E-state index contributed by atoms with van der Waals surface area (Å²) >= 11 is 0. The topological polar surface area (TPSA) is 102 Å². The molecule has 32 heavy (non-hydrogen) atoms. The first-order chi connectivity index (χ1) is 15.2. The molecule has 1 aromatic carbocycles. The van der Waals surface area contributed by atoms with Crippen molar-refractivity contribution >= 4 is 16.1 Å². The zero-order valence-electron chi connectivity index (χ0n) is 19.0. The normalized spacial score (nSPS) is 14.1. The molecule has 9 heteroatoms. The fraction of sp³-hybridized carbons (Fsp3) is 0.609. The zero-order valence-corrected chi connectivity index (χ0v) is 19.9. The number of esters is 1. The van der Waals surface area contributed by atoms with E-state index in [1.54, 1.807) is 6.07 Å². The van der Waals surface area contributed by atoms with Crippen LogP contribution in [0.2, 0.25) is 0 Å². The molecular weight excluding hydrogens is 434 g/mol. The summed E-state index contributed by atoms with van der Waals surface area (Å²) in [5.41, 5.74) is 1.10. The van der Waals surface area contributed by atoms with Gasteiger partial charge >= 0.3 is 5.97 Å². The number of nitrogens with zero attached hydrogens (tertiary/aromatic N) is 1. The van der Waals surface area contributed by atoms with Crippen LogP contribution in [0.4, 0.5) is 0 Å². The van der Waals surface area contributed by atoms with E-state index in [2.05, 4.69) is 17.7 Å². The first-order valence-electron chi connectivity index (χ1n) is 10.8. The largest absolute Gasteiger partial charge is 0.477 e. The lowest BCUT2D eigenvalue weighted by molar-refractivity contribution is -0.134. The fourth-order valence-corrected chi connectivity index (χ4v) is 3.03. The molecule has 1 aliphatic heterocycles. The van der Waals surface area contributed by atoms with Gasteiger partial charge in [0.05, 0.1) is 19.5 Å². The van der Waals surface area contributed by atoms with E-state index in [1.807, 2.05) is 12.1 Å². The molecule has 2 rings (SSSR count). The van der Waals surface area contributed by atoms with E-state index in [4.69, 9.17) is 25.2 Å². The van der Waals surface area contributed by atoms with Gasteiger partial charge < -0.3 is 14.2 Å².